The summed E-state index contributed by atoms with van der Waals surface area (Å²) >= 11 is 0. The molecule has 0 bridgehead atoms. The van der Waals surface area contributed by atoms with Gasteiger partial charge in [-0.1, -0.05) is 0 Å². The van der Waals surface area contributed by atoms with E-state index >= 15 is 0 Å². The van der Waals surface area contributed by atoms with Gasteiger partial charge in [-0.05, 0) is 18.2 Å². The average molecular weight is 309 g/mol. The van der Waals surface area contributed by atoms with Crippen molar-refractivity contribution in [2.45, 2.75) is 0 Å². The number of aromatic nitrogens is 3. The van der Waals surface area contributed by atoms with Gasteiger partial charge in [0.15, 0.2) is 11.0 Å². The third-order valence-corrected chi connectivity index (χ3v) is 4.06. The molecule has 0 fully saturated rings. The maximum atomic E-state index is 11.0. The summed E-state index contributed by atoms with van der Waals surface area (Å²) in [7, 11) is 3.55. The van der Waals surface area contributed by atoms with Gasteiger partial charge in [0.2, 0.25) is 0 Å². The van der Waals surface area contributed by atoms with E-state index in [1.165, 1.54) is 6.07 Å². The van der Waals surface area contributed by atoms with Crippen molar-refractivity contribution in [3.8, 4) is 5.75 Å². The molecule has 2 heterocycles. The minimum absolute atomic E-state index is 0.0534. The molecule has 0 saturated heterocycles. The Bertz CT molecular complexity index is 1100. The summed E-state index contributed by atoms with van der Waals surface area (Å²) in [6, 6.07) is 10.4. The van der Waals surface area contributed by atoms with E-state index in [9.17, 15) is 10.1 Å². The van der Waals surface area contributed by atoms with Crippen LogP contribution in [0.4, 0.5) is 5.69 Å². The van der Waals surface area contributed by atoms with E-state index in [-0.39, 0.29) is 5.69 Å². The first-order chi connectivity index (χ1) is 11.1. The maximum Gasteiger partial charge on any atom is 0.306 e. The predicted octanol–water partition coefficient (Wildman–Crippen LogP) is 2.61. The highest BCUT2D eigenvalue weighted by Crippen LogP contribution is 2.28. The summed E-state index contributed by atoms with van der Waals surface area (Å²) in [5.74, 6) is 0.751. The zero-order chi connectivity index (χ0) is 16.1. The van der Waals surface area contributed by atoms with E-state index in [4.69, 9.17) is 4.74 Å². The number of H-pyrrole nitrogens is 1. The van der Waals surface area contributed by atoms with Crippen LogP contribution in [0.3, 0.4) is 0 Å². The molecule has 0 amide bonds. The van der Waals surface area contributed by atoms with Gasteiger partial charge in [-0.3, -0.25) is 10.1 Å². The minimum atomic E-state index is -0.399. The number of methoxy groups -OCH3 is 1. The number of hydrogen-bond donors (Lipinski definition) is 1. The van der Waals surface area contributed by atoms with Gasteiger partial charge in [-0.2, -0.15) is 0 Å². The zero-order valence-electron chi connectivity index (χ0n) is 12.5. The van der Waals surface area contributed by atoms with Crippen LogP contribution in [0.15, 0.2) is 36.4 Å². The van der Waals surface area contributed by atoms with E-state index in [0.29, 0.717) is 5.52 Å². The average Bonchev–Trinajstić information content (AvgIpc) is 2.93. The van der Waals surface area contributed by atoms with Crippen LogP contribution in [0.2, 0.25) is 0 Å². The molecular formula is C16H13N4O3+. The molecule has 4 aromatic rings. The van der Waals surface area contributed by atoms with Crippen LogP contribution in [-0.4, -0.2) is 22.0 Å². The molecule has 4 rings (SSSR count). The third kappa shape index (κ3) is 1.90. The van der Waals surface area contributed by atoms with E-state index in [1.807, 2.05) is 29.8 Å². The lowest BCUT2D eigenvalue weighted by Gasteiger charge is -2.03. The summed E-state index contributed by atoms with van der Waals surface area (Å²) in [4.78, 5) is 18.6. The second-order valence-electron chi connectivity index (χ2n) is 5.33. The first-order valence-corrected chi connectivity index (χ1v) is 7.02. The number of hydrogen-bond acceptors (Lipinski definition) is 4. The number of nitrogens with zero attached hydrogens (tertiary/aromatic N) is 3. The van der Waals surface area contributed by atoms with Crippen molar-refractivity contribution in [2.24, 2.45) is 7.05 Å². The van der Waals surface area contributed by atoms with Gasteiger partial charge in [0.1, 0.15) is 16.8 Å². The minimum Gasteiger partial charge on any atom is -0.497 e. The van der Waals surface area contributed by atoms with Gasteiger partial charge in [0, 0.05) is 18.2 Å². The number of non-ortho nitro benzene ring substituents is 1. The molecule has 0 saturated carbocycles. The molecule has 1 N–H and O–H groups in total. The van der Waals surface area contributed by atoms with Crippen molar-refractivity contribution >= 4 is 38.8 Å². The fraction of sp³-hybridized carbons (Fsp3) is 0.125. The molecule has 7 nitrogen and oxygen atoms in total. The van der Waals surface area contributed by atoms with Crippen LogP contribution in [0, 0.1) is 10.1 Å². The molecule has 2 aromatic heterocycles. The Morgan fingerprint density at radius 2 is 2.09 bits per heavy atom. The number of rotatable bonds is 2. The number of aromatic amines is 1. The Morgan fingerprint density at radius 3 is 2.83 bits per heavy atom. The molecule has 23 heavy (non-hydrogen) atoms. The summed E-state index contributed by atoms with van der Waals surface area (Å²) in [5, 5.41) is 11.7. The molecule has 0 aliphatic heterocycles. The normalized spacial score (nSPS) is 11.4. The standard InChI is InChI=1S/C16H12N4O3/c1-19-14-8-10(23-2)4-6-13(14)17-15-11-7-9(20(21)22)3-5-12(11)18-16(15)19/h3-8H,1-2H3/p+1. The Balaban J connectivity index is 2.13. The molecule has 7 heteroatoms. The Hall–Kier alpha value is -3.22. The van der Waals surface area contributed by atoms with E-state index in [0.717, 1.165) is 33.3 Å². The summed E-state index contributed by atoms with van der Waals surface area (Å²) in [6.45, 7) is 0. The Kier molecular flexibility index (Phi) is 2.71. The van der Waals surface area contributed by atoms with Gasteiger partial charge >= 0.3 is 5.65 Å². The molecule has 0 aliphatic carbocycles. The van der Waals surface area contributed by atoms with Gasteiger partial charge in [-0.25, -0.2) is 14.5 Å². The van der Waals surface area contributed by atoms with Crippen molar-refractivity contribution in [3.05, 3.63) is 46.5 Å². The van der Waals surface area contributed by atoms with E-state index in [2.05, 4.69) is 9.97 Å². The fourth-order valence-corrected chi connectivity index (χ4v) is 2.86. The Labute approximate surface area is 130 Å². The van der Waals surface area contributed by atoms with Crippen LogP contribution in [0.25, 0.3) is 33.1 Å². The summed E-state index contributed by atoms with van der Waals surface area (Å²) < 4.78 is 7.24. The Morgan fingerprint density at radius 1 is 1.26 bits per heavy atom. The fourth-order valence-electron chi connectivity index (χ4n) is 2.86. The number of ether oxygens (including phenoxy) is 1. The molecule has 2 aromatic carbocycles. The first kappa shape index (κ1) is 13.4. The summed E-state index contributed by atoms with van der Waals surface area (Å²) in [6.07, 6.45) is 0. The van der Waals surface area contributed by atoms with Crippen LogP contribution < -0.4 is 9.30 Å². The van der Waals surface area contributed by atoms with Crippen LogP contribution >= 0.6 is 0 Å². The van der Waals surface area contributed by atoms with E-state index < -0.39 is 4.92 Å². The van der Waals surface area contributed by atoms with Crippen molar-refractivity contribution in [1.82, 2.24) is 9.97 Å². The maximum absolute atomic E-state index is 11.0. The van der Waals surface area contributed by atoms with E-state index in [1.54, 1.807) is 19.2 Å². The second kappa shape index (κ2) is 4.64. The SMILES string of the molecule is COc1ccc2nc3c4cc([N+](=O)[O-])ccc4[nH]c3[n+](C)c2c1. The molecule has 0 spiro atoms. The van der Waals surface area contributed by atoms with Crippen molar-refractivity contribution in [3.63, 3.8) is 0 Å². The molecule has 0 atom stereocenters. The number of nitrogens with one attached hydrogen (secondary N) is 1. The lowest BCUT2D eigenvalue weighted by molar-refractivity contribution is -0.619. The highest BCUT2D eigenvalue weighted by Gasteiger charge is 2.20. The van der Waals surface area contributed by atoms with Gasteiger partial charge in [-0.15, -0.1) is 0 Å². The highest BCUT2D eigenvalue weighted by molar-refractivity contribution is 6.04. The summed E-state index contributed by atoms with van der Waals surface area (Å²) in [5.41, 5.74) is 4.10. The lowest BCUT2D eigenvalue weighted by Crippen LogP contribution is -2.30. The predicted molar refractivity (Wildman–Crippen MR) is 85.5 cm³/mol. The third-order valence-electron chi connectivity index (χ3n) is 4.06. The molecule has 0 radical (unpaired) electrons. The van der Waals surface area contributed by atoms with Gasteiger partial charge in [0.25, 0.3) is 5.69 Å². The van der Waals surface area contributed by atoms with Crippen LogP contribution in [0.5, 0.6) is 5.75 Å². The largest absolute Gasteiger partial charge is 0.497 e. The lowest BCUT2D eigenvalue weighted by atomic mass is 10.2. The first-order valence-electron chi connectivity index (χ1n) is 7.02. The molecule has 0 aliphatic rings. The number of benzene rings is 2. The quantitative estimate of drug-likeness (QED) is 0.350. The second-order valence-corrected chi connectivity index (χ2v) is 5.33. The van der Waals surface area contributed by atoms with Crippen LogP contribution in [0.1, 0.15) is 0 Å². The smallest absolute Gasteiger partial charge is 0.306 e. The zero-order valence-corrected chi connectivity index (χ0v) is 12.5. The highest BCUT2D eigenvalue weighted by atomic mass is 16.6. The van der Waals surface area contributed by atoms with Crippen LogP contribution in [-0.2, 0) is 7.05 Å². The number of aryl methyl sites for hydroxylation is 1. The molecule has 114 valence electrons. The van der Waals surface area contributed by atoms with Crippen molar-refractivity contribution in [1.29, 1.82) is 0 Å². The molecular weight excluding hydrogens is 296 g/mol. The van der Waals surface area contributed by atoms with Gasteiger partial charge in [0.05, 0.1) is 24.5 Å². The number of fused-ring (bicyclic) bond motifs is 4. The number of nitro groups is 1. The van der Waals surface area contributed by atoms with Crippen molar-refractivity contribution < 1.29 is 14.2 Å². The number of nitro benzene ring substituents is 1. The molecule has 0 unspecified atom stereocenters. The van der Waals surface area contributed by atoms with Crippen molar-refractivity contribution in [2.75, 3.05) is 7.11 Å². The monoisotopic (exact) mass is 309 g/mol. The van der Waals surface area contributed by atoms with Gasteiger partial charge < -0.3 is 4.74 Å². The topological polar surface area (TPSA) is 84.9 Å².